The molecule has 0 aliphatic heterocycles. The van der Waals surface area contributed by atoms with Crippen LogP contribution < -0.4 is 11.1 Å². The highest BCUT2D eigenvalue weighted by atomic mass is 16.5. The van der Waals surface area contributed by atoms with Gasteiger partial charge in [0.15, 0.2) is 0 Å². The molecule has 1 aromatic rings. The van der Waals surface area contributed by atoms with Gasteiger partial charge < -0.3 is 15.8 Å². The average Bonchev–Trinajstić information content (AvgIpc) is 2.42. The minimum Gasteiger partial charge on any atom is -0.462 e. The Morgan fingerprint density at radius 3 is 2.71 bits per heavy atom. The van der Waals surface area contributed by atoms with Crippen molar-refractivity contribution in [2.45, 2.75) is 32.6 Å². The summed E-state index contributed by atoms with van der Waals surface area (Å²) < 4.78 is 4.97. The van der Waals surface area contributed by atoms with Crippen molar-refractivity contribution in [1.29, 1.82) is 0 Å². The number of carbonyl (C=O) groups is 2. The molecule has 0 aliphatic carbocycles. The summed E-state index contributed by atoms with van der Waals surface area (Å²) in [5.41, 5.74) is 7.36. The van der Waals surface area contributed by atoms with Gasteiger partial charge in [0.1, 0.15) is 0 Å². The second-order valence-corrected chi connectivity index (χ2v) is 4.90. The van der Waals surface area contributed by atoms with Crippen LogP contribution in [0.3, 0.4) is 0 Å². The van der Waals surface area contributed by atoms with Gasteiger partial charge in [-0.25, -0.2) is 4.79 Å². The molecule has 0 radical (unpaired) electrons. The van der Waals surface area contributed by atoms with Gasteiger partial charge in [-0.15, -0.1) is 0 Å². The van der Waals surface area contributed by atoms with Gasteiger partial charge in [-0.05, 0) is 44.4 Å². The highest BCUT2D eigenvalue weighted by Gasteiger charge is 2.04. The van der Waals surface area contributed by atoms with Crippen molar-refractivity contribution in [3.05, 3.63) is 36.4 Å². The lowest BCUT2D eigenvalue weighted by molar-refractivity contribution is -0.139. The first-order chi connectivity index (χ1) is 9.99. The van der Waals surface area contributed by atoms with E-state index in [-0.39, 0.29) is 11.9 Å². The minimum atomic E-state index is -0.366. The monoisotopic (exact) mass is 290 g/mol. The van der Waals surface area contributed by atoms with Gasteiger partial charge in [0, 0.05) is 23.4 Å². The Hall–Kier alpha value is -2.30. The molecule has 0 aliphatic rings. The van der Waals surface area contributed by atoms with Crippen molar-refractivity contribution < 1.29 is 14.3 Å². The van der Waals surface area contributed by atoms with E-state index in [4.69, 9.17) is 10.5 Å². The summed E-state index contributed by atoms with van der Waals surface area (Å²) in [6, 6.07) is 7.07. The van der Waals surface area contributed by atoms with E-state index < -0.39 is 0 Å². The molecule has 0 saturated heterocycles. The number of amides is 1. The van der Waals surface area contributed by atoms with Gasteiger partial charge in [-0.2, -0.15) is 0 Å². The Kier molecular flexibility index (Phi) is 7.01. The number of benzene rings is 1. The largest absolute Gasteiger partial charge is 0.462 e. The lowest BCUT2D eigenvalue weighted by Gasteiger charge is -2.06. The molecule has 0 saturated carbocycles. The number of nitrogen functional groups attached to an aromatic ring is 1. The third-order valence-corrected chi connectivity index (χ3v) is 2.80. The number of hydrogen-bond donors (Lipinski definition) is 2. The van der Waals surface area contributed by atoms with Crippen LogP contribution in [0.4, 0.5) is 11.4 Å². The van der Waals surface area contributed by atoms with Crippen molar-refractivity contribution in [2.24, 2.45) is 0 Å². The number of ether oxygens (including phenoxy) is 1. The molecule has 1 aromatic carbocycles. The molecule has 21 heavy (non-hydrogen) atoms. The Bertz CT molecular complexity index is 512. The third kappa shape index (κ3) is 7.15. The number of nitrogens with two attached hydrogens (primary N) is 1. The highest BCUT2D eigenvalue weighted by molar-refractivity contribution is 5.91. The maximum absolute atomic E-state index is 11.7. The Morgan fingerprint density at radius 2 is 2.05 bits per heavy atom. The molecule has 1 amide bonds. The normalized spacial score (nSPS) is 9.95. The average molecular weight is 290 g/mol. The zero-order valence-corrected chi connectivity index (χ0v) is 12.4. The van der Waals surface area contributed by atoms with E-state index in [2.05, 4.69) is 11.9 Å². The summed E-state index contributed by atoms with van der Waals surface area (Å²) in [6.07, 6.45) is 2.75. The number of nitrogens with one attached hydrogen (secondary N) is 1. The molecular formula is C16H22N2O3. The molecule has 0 bridgehead atoms. The van der Waals surface area contributed by atoms with Gasteiger partial charge in [0.25, 0.3) is 0 Å². The fourth-order valence-corrected chi connectivity index (χ4v) is 1.69. The zero-order chi connectivity index (χ0) is 15.7. The van der Waals surface area contributed by atoms with E-state index in [1.54, 1.807) is 31.2 Å². The van der Waals surface area contributed by atoms with Crippen molar-refractivity contribution in [3.8, 4) is 0 Å². The highest BCUT2D eigenvalue weighted by Crippen LogP contribution is 2.12. The van der Waals surface area contributed by atoms with Crippen LogP contribution in [0.2, 0.25) is 0 Å². The van der Waals surface area contributed by atoms with Crippen LogP contribution in [0, 0.1) is 0 Å². The number of hydrogen-bond acceptors (Lipinski definition) is 4. The zero-order valence-electron chi connectivity index (χ0n) is 12.4. The van der Waals surface area contributed by atoms with Crippen LogP contribution in [0.15, 0.2) is 36.4 Å². The van der Waals surface area contributed by atoms with Crippen molar-refractivity contribution in [2.75, 3.05) is 17.7 Å². The molecule has 0 spiro atoms. The van der Waals surface area contributed by atoms with Crippen LogP contribution in [-0.4, -0.2) is 18.5 Å². The van der Waals surface area contributed by atoms with Crippen molar-refractivity contribution >= 4 is 23.3 Å². The first-order valence-corrected chi connectivity index (χ1v) is 6.97. The molecule has 0 fully saturated rings. The summed E-state index contributed by atoms with van der Waals surface area (Å²) in [5, 5.41) is 2.79. The molecule has 0 aromatic heterocycles. The molecule has 0 atom stereocenters. The van der Waals surface area contributed by atoms with Gasteiger partial charge in [0.2, 0.25) is 5.91 Å². The molecular weight excluding hydrogens is 268 g/mol. The lowest BCUT2D eigenvalue weighted by atomic mass is 10.2. The molecule has 5 heteroatoms. The molecule has 3 N–H and O–H groups in total. The first kappa shape index (κ1) is 16.8. The summed E-state index contributed by atoms with van der Waals surface area (Å²) in [7, 11) is 0. The third-order valence-electron chi connectivity index (χ3n) is 2.80. The van der Waals surface area contributed by atoms with E-state index in [9.17, 15) is 9.59 Å². The van der Waals surface area contributed by atoms with Gasteiger partial charge in [-0.1, -0.05) is 12.6 Å². The van der Waals surface area contributed by atoms with E-state index in [1.165, 1.54) is 0 Å². The van der Waals surface area contributed by atoms with Crippen LogP contribution in [-0.2, 0) is 14.3 Å². The molecule has 0 unspecified atom stereocenters. The van der Waals surface area contributed by atoms with Crippen LogP contribution >= 0.6 is 0 Å². The first-order valence-electron chi connectivity index (χ1n) is 6.97. The smallest absolute Gasteiger partial charge is 0.333 e. The predicted molar refractivity (Wildman–Crippen MR) is 83.7 cm³/mol. The fourth-order valence-electron chi connectivity index (χ4n) is 1.69. The number of anilines is 2. The Labute approximate surface area is 125 Å². The summed E-state index contributed by atoms with van der Waals surface area (Å²) in [5.74, 6) is -0.408. The quantitative estimate of drug-likeness (QED) is 0.334. The molecule has 5 nitrogen and oxygen atoms in total. The lowest BCUT2D eigenvalue weighted by Crippen LogP contribution is -2.11. The van der Waals surface area contributed by atoms with Crippen LogP contribution in [0.5, 0.6) is 0 Å². The second kappa shape index (κ2) is 8.79. The maximum Gasteiger partial charge on any atom is 0.333 e. The van der Waals surface area contributed by atoms with Gasteiger partial charge in [0.05, 0.1) is 6.61 Å². The number of unbranched alkanes of at least 4 members (excludes halogenated alkanes) is 2. The van der Waals surface area contributed by atoms with E-state index in [1.807, 2.05) is 0 Å². The maximum atomic E-state index is 11.7. The SMILES string of the molecule is C=C(C)C(=O)OCCCCCC(=O)Nc1cccc(N)c1. The van der Waals surface area contributed by atoms with Gasteiger partial charge >= 0.3 is 5.97 Å². The minimum absolute atomic E-state index is 0.0421. The Morgan fingerprint density at radius 1 is 1.29 bits per heavy atom. The van der Waals surface area contributed by atoms with E-state index in [0.717, 1.165) is 19.3 Å². The number of rotatable bonds is 8. The number of esters is 1. The summed E-state index contributed by atoms with van der Waals surface area (Å²) >= 11 is 0. The topological polar surface area (TPSA) is 81.4 Å². The van der Waals surface area contributed by atoms with Crippen molar-refractivity contribution in [3.63, 3.8) is 0 Å². The predicted octanol–water partition coefficient (Wildman–Crippen LogP) is 2.89. The standard InChI is InChI=1S/C16H22N2O3/c1-12(2)16(20)21-10-5-3-4-9-15(19)18-14-8-6-7-13(17)11-14/h6-8,11H,1,3-5,9-10,17H2,2H3,(H,18,19). The van der Waals surface area contributed by atoms with Gasteiger partial charge in [-0.3, -0.25) is 4.79 Å². The molecule has 0 heterocycles. The summed E-state index contributed by atoms with van der Waals surface area (Å²) in [4.78, 5) is 22.8. The fraction of sp³-hybridized carbons (Fsp3) is 0.375. The molecule has 1 rings (SSSR count). The van der Waals surface area contributed by atoms with Crippen LogP contribution in [0.25, 0.3) is 0 Å². The number of carbonyl (C=O) groups excluding carboxylic acids is 2. The van der Waals surface area contributed by atoms with E-state index >= 15 is 0 Å². The second-order valence-electron chi connectivity index (χ2n) is 4.90. The van der Waals surface area contributed by atoms with Crippen LogP contribution in [0.1, 0.15) is 32.6 Å². The van der Waals surface area contributed by atoms with Crippen molar-refractivity contribution in [1.82, 2.24) is 0 Å². The Balaban J connectivity index is 2.11. The van der Waals surface area contributed by atoms with E-state index in [0.29, 0.717) is 30.0 Å². The molecule has 114 valence electrons. The summed E-state index contributed by atoms with van der Waals surface area (Å²) in [6.45, 7) is 5.48.